The van der Waals surface area contributed by atoms with Crippen LogP contribution in [-0.4, -0.2) is 9.97 Å². The van der Waals surface area contributed by atoms with Crippen LogP contribution < -0.4 is 16.2 Å². The Morgan fingerprint density at radius 2 is 1.79 bits per heavy atom. The molecule has 1 atom stereocenters. The number of thioether (sulfide) groups is 1. The van der Waals surface area contributed by atoms with E-state index in [1.54, 1.807) is 18.2 Å². The second-order valence-corrected chi connectivity index (χ2v) is 7.27. The molecular formula is C21H16FN5OS. The molecule has 6 nitrogen and oxygen atoms in total. The predicted octanol–water partition coefficient (Wildman–Crippen LogP) is 3.71. The van der Waals surface area contributed by atoms with Gasteiger partial charge in [-0.3, -0.25) is 0 Å². The number of nitrogens with zero attached hydrogens (tertiary/aromatic N) is 3. The van der Waals surface area contributed by atoms with Gasteiger partial charge in [0, 0.05) is 11.3 Å². The van der Waals surface area contributed by atoms with Crippen LogP contribution in [0.15, 0.2) is 71.2 Å². The summed E-state index contributed by atoms with van der Waals surface area (Å²) in [5.41, 5.74) is 13.9. The number of anilines is 1. The average molecular weight is 405 g/mol. The van der Waals surface area contributed by atoms with Gasteiger partial charge in [0.25, 0.3) is 0 Å². The van der Waals surface area contributed by atoms with Crippen molar-refractivity contribution in [2.75, 3.05) is 5.73 Å². The number of ether oxygens (including phenoxy) is 1. The third-order valence-corrected chi connectivity index (χ3v) is 5.43. The van der Waals surface area contributed by atoms with Crippen molar-refractivity contribution >= 4 is 17.6 Å². The quantitative estimate of drug-likeness (QED) is 0.503. The van der Waals surface area contributed by atoms with Gasteiger partial charge in [0.2, 0.25) is 11.8 Å². The molecule has 2 heterocycles. The number of nitrogens with two attached hydrogens (primary N) is 2. The lowest BCUT2D eigenvalue weighted by Crippen LogP contribution is -2.24. The zero-order valence-corrected chi connectivity index (χ0v) is 16.0. The Hall–Kier alpha value is -3.57. The van der Waals surface area contributed by atoms with Gasteiger partial charge in [0.1, 0.15) is 23.3 Å². The molecule has 0 aliphatic carbocycles. The highest BCUT2D eigenvalue weighted by atomic mass is 32.2. The third-order valence-electron chi connectivity index (χ3n) is 4.52. The lowest BCUT2D eigenvalue weighted by Gasteiger charge is -2.26. The lowest BCUT2D eigenvalue weighted by molar-refractivity contribution is 0.372. The standard InChI is InChI=1S/C21H16FN5OS/c22-15-9-5-4-8-13(15)16-14(10-23)19(25)28-20-17(16)18(24)26-21(27-20)29-11-12-6-2-1-3-7-12/h1-9,16H,11,25H2,(H2,24,26,27)/t16-/m0/s1. The molecule has 3 aromatic rings. The van der Waals surface area contributed by atoms with Gasteiger partial charge in [0.05, 0.1) is 11.5 Å². The van der Waals surface area contributed by atoms with Gasteiger partial charge in [-0.25, -0.2) is 9.37 Å². The summed E-state index contributed by atoms with van der Waals surface area (Å²) in [5.74, 6) is -0.530. The zero-order valence-electron chi connectivity index (χ0n) is 15.2. The number of allylic oxidation sites excluding steroid dienone is 1. The van der Waals surface area contributed by atoms with Crippen molar-refractivity contribution in [3.05, 3.63) is 88.6 Å². The molecule has 4 rings (SSSR count). The maximum Gasteiger partial charge on any atom is 0.231 e. The van der Waals surface area contributed by atoms with Crippen molar-refractivity contribution in [2.24, 2.45) is 5.73 Å². The van der Waals surface area contributed by atoms with Gasteiger partial charge in [0.15, 0.2) is 5.16 Å². The summed E-state index contributed by atoms with van der Waals surface area (Å²) in [6.07, 6.45) is 0. The molecular weight excluding hydrogens is 389 g/mol. The van der Waals surface area contributed by atoms with Crippen molar-refractivity contribution in [3.63, 3.8) is 0 Å². The highest BCUT2D eigenvalue weighted by Crippen LogP contribution is 2.44. The summed E-state index contributed by atoms with van der Waals surface area (Å²) in [5, 5.41) is 10.00. The molecule has 4 N–H and O–H groups in total. The minimum Gasteiger partial charge on any atom is -0.422 e. The zero-order chi connectivity index (χ0) is 20.4. The van der Waals surface area contributed by atoms with E-state index < -0.39 is 11.7 Å². The van der Waals surface area contributed by atoms with Crippen LogP contribution in [0.3, 0.4) is 0 Å². The van der Waals surface area contributed by atoms with Crippen LogP contribution in [0.25, 0.3) is 0 Å². The molecule has 0 fully saturated rings. The Morgan fingerprint density at radius 3 is 2.52 bits per heavy atom. The number of hydrogen-bond donors (Lipinski definition) is 2. The first-order valence-electron chi connectivity index (χ1n) is 8.74. The molecule has 8 heteroatoms. The maximum atomic E-state index is 14.5. The molecule has 1 aliphatic heterocycles. The average Bonchev–Trinajstić information content (AvgIpc) is 2.72. The molecule has 1 aliphatic rings. The summed E-state index contributed by atoms with van der Waals surface area (Å²) >= 11 is 1.39. The van der Waals surface area contributed by atoms with E-state index in [4.69, 9.17) is 16.2 Å². The monoisotopic (exact) mass is 405 g/mol. The van der Waals surface area contributed by atoms with Crippen LogP contribution in [0, 0.1) is 17.1 Å². The van der Waals surface area contributed by atoms with Gasteiger partial charge in [-0.2, -0.15) is 10.2 Å². The number of hydrogen-bond acceptors (Lipinski definition) is 7. The summed E-state index contributed by atoms with van der Waals surface area (Å²) in [7, 11) is 0. The Bertz CT molecular complexity index is 1140. The van der Waals surface area contributed by atoms with Gasteiger partial charge in [-0.15, -0.1) is 0 Å². The van der Waals surface area contributed by atoms with Gasteiger partial charge >= 0.3 is 0 Å². The van der Waals surface area contributed by atoms with Gasteiger partial charge in [-0.05, 0) is 11.6 Å². The van der Waals surface area contributed by atoms with Crippen molar-refractivity contribution in [1.29, 1.82) is 5.26 Å². The van der Waals surface area contributed by atoms with Crippen molar-refractivity contribution < 1.29 is 9.13 Å². The van der Waals surface area contributed by atoms with E-state index >= 15 is 0 Å². The number of halogens is 1. The van der Waals surface area contributed by atoms with Crippen LogP contribution in [-0.2, 0) is 5.75 Å². The lowest BCUT2D eigenvalue weighted by atomic mass is 9.84. The van der Waals surface area contributed by atoms with E-state index in [1.807, 2.05) is 36.4 Å². The van der Waals surface area contributed by atoms with Crippen LogP contribution in [0.4, 0.5) is 10.2 Å². The Kier molecular flexibility index (Phi) is 5.06. The second-order valence-electron chi connectivity index (χ2n) is 6.33. The Labute approximate surface area is 171 Å². The Balaban J connectivity index is 1.75. The fourth-order valence-electron chi connectivity index (χ4n) is 3.17. The highest BCUT2D eigenvalue weighted by Gasteiger charge is 2.36. The summed E-state index contributed by atoms with van der Waals surface area (Å²) < 4.78 is 20.1. The van der Waals surface area contributed by atoms with Crippen LogP contribution >= 0.6 is 11.8 Å². The van der Waals surface area contributed by atoms with Crippen LogP contribution in [0.1, 0.15) is 22.6 Å². The van der Waals surface area contributed by atoms with Gasteiger partial charge < -0.3 is 16.2 Å². The Morgan fingerprint density at radius 1 is 1.07 bits per heavy atom. The fourth-order valence-corrected chi connectivity index (χ4v) is 3.96. The summed E-state index contributed by atoms with van der Waals surface area (Å²) in [6, 6.07) is 18.0. The van der Waals surface area contributed by atoms with E-state index in [2.05, 4.69) is 9.97 Å². The SMILES string of the molecule is N#CC1=C(N)Oc2nc(SCc3ccccc3)nc(N)c2[C@H]1c1ccccc1F. The number of rotatable bonds is 4. The molecule has 0 saturated heterocycles. The van der Waals surface area contributed by atoms with E-state index in [1.165, 1.54) is 17.8 Å². The van der Waals surface area contributed by atoms with E-state index in [0.717, 1.165) is 5.56 Å². The first-order valence-corrected chi connectivity index (χ1v) is 9.73. The molecule has 2 aromatic carbocycles. The largest absolute Gasteiger partial charge is 0.422 e. The molecule has 29 heavy (non-hydrogen) atoms. The molecule has 0 amide bonds. The molecule has 0 unspecified atom stereocenters. The van der Waals surface area contributed by atoms with E-state index in [0.29, 0.717) is 16.5 Å². The minimum atomic E-state index is -0.835. The number of aromatic nitrogens is 2. The molecule has 0 saturated carbocycles. The first kappa shape index (κ1) is 18.8. The van der Waals surface area contributed by atoms with E-state index in [9.17, 15) is 9.65 Å². The molecule has 0 radical (unpaired) electrons. The summed E-state index contributed by atoms with van der Waals surface area (Å²) in [4.78, 5) is 8.77. The van der Waals surface area contributed by atoms with Crippen LogP contribution in [0.2, 0.25) is 0 Å². The second kappa shape index (κ2) is 7.81. The number of nitriles is 1. The summed E-state index contributed by atoms with van der Waals surface area (Å²) in [6.45, 7) is 0. The fraction of sp³-hybridized carbons (Fsp3) is 0.0952. The third kappa shape index (κ3) is 3.60. The molecule has 0 spiro atoms. The number of fused-ring (bicyclic) bond motifs is 1. The minimum absolute atomic E-state index is 0.0718. The maximum absolute atomic E-state index is 14.5. The first-order chi connectivity index (χ1) is 14.1. The predicted molar refractivity (Wildman–Crippen MR) is 108 cm³/mol. The van der Waals surface area contributed by atoms with E-state index in [-0.39, 0.29) is 28.7 Å². The topological polar surface area (TPSA) is 111 Å². The highest BCUT2D eigenvalue weighted by molar-refractivity contribution is 7.98. The number of benzene rings is 2. The number of nitrogen functional groups attached to an aromatic ring is 1. The van der Waals surface area contributed by atoms with Crippen LogP contribution in [0.5, 0.6) is 5.88 Å². The molecule has 1 aromatic heterocycles. The van der Waals surface area contributed by atoms with Gasteiger partial charge in [-0.1, -0.05) is 60.3 Å². The molecule has 0 bridgehead atoms. The normalized spacial score (nSPS) is 15.4. The van der Waals surface area contributed by atoms with Crippen molar-refractivity contribution in [2.45, 2.75) is 16.8 Å². The smallest absolute Gasteiger partial charge is 0.231 e. The molecule has 144 valence electrons. The van der Waals surface area contributed by atoms with Crippen molar-refractivity contribution in [3.8, 4) is 11.9 Å². The van der Waals surface area contributed by atoms with Crippen molar-refractivity contribution in [1.82, 2.24) is 9.97 Å².